The molecule has 92 valence electrons. The maximum atomic E-state index is 10.7. The Bertz CT molecular complexity index is 385. The fraction of sp³-hybridized carbons (Fsp3) is 0.500. The highest BCUT2D eigenvalue weighted by Gasteiger charge is 2.18. The molecule has 1 aromatic rings. The van der Waals surface area contributed by atoms with E-state index in [0.717, 1.165) is 31.7 Å². The second-order valence-corrected chi connectivity index (χ2v) is 4.30. The smallest absolute Gasteiger partial charge is 0.337 e. The molecule has 5 nitrogen and oxygen atoms in total. The van der Waals surface area contributed by atoms with Gasteiger partial charge in [0.25, 0.3) is 0 Å². The molecule has 0 aliphatic carbocycles. The predicted octanol–water partition coefficient (Wildman–Crippen LogP) is 0.968. The van der Waals surface area contributed by atoms with Gasteiger partial charge in [-0.05, 0) is 38.1 Å². The third-order valence-corrected chi connectivity index (χ3v) is 3.21. The Morgan fingerprint density at radius 1 is 1.47 bits per heavy atom. The Morgan fingerprint density at radius 3 is 2.71 bits per heavy atom. The highest BCUT2D eigenvalue weighted by atomic mass is 16.4. The van der Waals surface area contributed by atoms with E-state index >= 15 is 0 Å². The number of rotatable bonds is 3. The van der Waals surface area contributed by atoms with Crippen LogP contribution in [0.5, 0.6) is 0 Å². The third-order valence-electron chi connectivity index (χ3n) is 3.21. The van der Waals surface area contributed by atoms with E-state index in [0.29, 0.717) is 6.04 Å². The van der Waals surface area contributed by atoms with E-state index in [4.69, 9.17) is 5.11 Å². The molecule has 2 N–H and O–H groups in total. The minimum absolute atomic E-state index is 0.229. The third kappa shape index (κ3) is 2.74. The standard InChI is InChI=1S/C12H17N3O2/c1-15(10-4-6-13-7-5-10)11-3-2-9(8-14-11)12(16)17/h2-3,8,10,13H,4-7H2,1H3,(H,16,17). The summed E-state index contributed by atoms with van der Waals surface area (Å²) in [6, 6.07) is 3.85. The van der Waals surface area contributed by atoms with Crippen LogP contribution in [0.4, 0.5) is 5.82 Å². The minimum atomic E-state index is -0.937. The van der Waals surface area contributed by atoms with Gasteiger partial charge in [0.1, 0.15) is 5.82 Å². The molecule has 1 aliphatic heterocycles. The number of carbonyl (C=O) groups is 1. The van der Waals surface area contributed by atoms with Crippen molar-refractivity contribution in [3.63, 3.8) is 0 Å². The SMILES string of the molecule is CN(c1ccc(C(=O)O)cn1)C1CCNCC1. The van der Waals surface area contributed by atoms with Gasteiger partial charge in [-0.3, -0.25) is 0 Å². The summed E-state index contributed by atoms with van der Waals surface area (Å²) in [5.74, 6) is -0.101. The lowest BCUT2D eigenvalue weighted by Crippen LogP contribution is -2.41. The first-order chi connectivity index (χ1) is 8.18. The van der Waals surface area contributed by atoms with Crippen LogP contribution in [0.1, 0.15) is 23.2 Å². The molecule has 1 aliphatic rings. The summed E-state index contributed by atoms with van der Waals surface area (Å²) in [5, 5.41) is 12.1. The number of hydrogen-bond donors (Lipinski definition) is 2. The van der Waals surface area contributed by atoms with Crippen LogP contribution in [0.15, 0.2) is 18.3 Å². The normalized spacial score (nSPS) is 16.8. The Kier molecular flexibility index (Phi) is 3.58. The van der Waals surface area contributed by atoms with E-state index in [2.05, 4.69) is 15.2 Å². The number of aromatic carboxylic acids is 1. The van der Waals surface area contributed by atoms with Crippen molar-refractivity contribution in [2.45, 2.75) is 18.9 Å². The second-order valence-electron chi connectivity index (χ2n) is 4.30. The first-order valence-electron chi connectivity index (χ1n) is 5.81. The quantitative estimate of drug-likeness (QED) is 0.817. The molecule has 0 bridgehead atoms. The van der Waals surface area contributed by atoms with Crippen LogP contribution in [-0.4, -0.2) is 42.2 Å². The first kappa shape index (κ1) is 11.9. The molecule has 0 amide bonds. The lowest BCUT2D eigenvalue weighted by atomic mass is 10.1. The van der Waals surface area contributed by atoms with Crippen molar-refractivity contribution in [1.82, 2.24) is 10.3 Å². The maximum Gasteiger partial charge on any atom is 0.337 e. The van der Waals surface area contributed by atoms with Gasteiger partial charge in [-0.15, -0.1) is 0 Å². The zero-order chi connectivity index (χ0) is 12.3. The summed E-state index contributed by atoms with van der Waals surface area (Å²) in [4.78, 5) is 17.1. The first-order valence-corrected chi connectivity index (χ1v) is 5.81. The van der Waals surface area contributed by atoms with Crippen LogP contribution in [0.2, 0.25) is 0 Å². The lowest BCUT2D eigenvalue weighted by molar-refractivity contribution is 0.0696. The van der Waals surface area contributed by atoms with Gasteiger partial charge in [0.15, 0.2) is 0 Å². The number of carboxylic acid groups (broad SMARTS) is 1. The van der Waals surface area contributed by atoms with E-state index in [-0.39, 0.29) is 5.56 Å². The molecule has 0 unspecified atom stereocenters. The number of nitrogens with zero attached hydrogens (tertiary/aromatic N) is 2. The van der Waals surface area contributed by atoms with Crippen LogP contribution in [0.3, 0.4) is 0 Å². The molecule has 2 heterocycles. The number of aromatic nitrogens is 1. The largest absolute Gasteiger partial charge is 0.478 e. The Labute approximate surface area is 100 Å². The van der Waals surface area contributed by atoms with Crippen LogP contribution < -0.4 is 10.2 Å². The van der Waals surface area contributed by atoms with Gasteiger partial charge in [0.2, 0.25) is 0 Å². The van der Waals surface area contributed by atoms with E-state index in [1.807, 2.05) is 7.05 Å². The van der Waals surface area contributed by atoms with Crippen molar-refractivity contribution in [2.75, 3.05) is 25.0 Å². The number of pyridine rings is 1. The van der Waals surface area contributed by atoms with Gasteiger partial charge in [-0.1, -0.05) is 0 Å². The Balaban J connectivity index is 2.07. The Morgan fingerprint density at radius 2 is 2.18 bits per heavy atom. The molecule has 0 aromatic carbocycles. The van der Waals surface area contributed by atoms with Gasteiger partial charge >= 0.3 is 5.97 Å². The molecule has 1 fully saturated rings. The number of anilines is 1. The van der Waals surface area contributed by atoms with Crippen molar-refractivity contribution in [3.05, 3.63) is 23.9 Å². The lowest BCUT2D eigenvalue weighted by Gasteiger charge is -2.32. The van der Waals surface area contributed by atoms with Crippen LogP contribution in [0, 0.1) is 0 Å². The number of piperidine rings is 1. The average molecular weight is 235 g/mol. The molecule has 0 spiro atoms. The maximum absolute atomic E-state index is 10.7. The van der Waals surface area contributed by atoms with Crippen molar-refractivity contribution in [1.29, 1.82) is 0 Å². The molecule has 1 saturated heterocycles. The zero-order valence-electron chi connectivity index (χ0n) is 9.89. The molecule has 1 aromatic heterocycles. The fourth-order valence-electron chi connectivity index (χ4n) is 2.10. The highest BCUT2D eigenvalue weighted by Crippen LogP contribution is 2.17. The topological polar surface area (TPSA) is 65.5 Å². The summed E-state index contributed by atoms with van der Waals surface area (Å²) in [5.41, 5.74) is 0.229. The zero-order valence-corrected chi connectivity index (χ0v) is 9.89. The van der Waals surface area contributed by atoms with E-state index in [1.54, 1.807) is 12.1 Å². The minimum Gasteiger partial charge on any atom is -0.478 e. The van der Waals surface area contributed by atoms with Crippen molar-refractivity contribution in [2.24, 2.45) is 0 Å². The molecule has 5 heteroatoms. The van der Waals surface area contributed by atoms with Crippen LogP contribution >= 0.6 is 0 Å². The van der Waals surface area contributed by atoms with Gasteiger partial charge < -0.3 is 15.3 Å². The Hall–Kier alpha value is -1.62. The van der Waals surface area contributed by atoms with Gasteiger partial charge in [-0.2, -0.15) is 0 Å². The van der Waals surface area contributed by atoms with Gasteiger partial charge in [-0.25, -0.2) is 9.78 Å². The van der Waals surface area contributed by atoms with E-state index in [1.165, 1.54) is 6.20 Å². The van der Waals surface area contributed by atoms with Crippen LogP contribution in [0.25, 0.3) is 0 Å². The highest BCUT2D eigenvalue weighted by molar-refractivity contribution is 5.87. The summed E-state index contributed by atoms with van der Waals surface area (Å²) >= 11 is 0. The van der Waals surface area contributed by atoms with Crippen molar-refractivity contribution >= 4 is 11.8 Å². The van der Waals surface area contributed by atoms with Gasteiger partial charge in [0.05, 0.1) is 5.56 Å². The molecule has 0 atom stereocenters. The number of nitrogens with one attached hydrogen (secondary N) is 1. The fourth-order valence-corrected chi connectivity index (χ4v) is 2.10. The summed E-state index contributed by atoms with van der Waals surface area (Å²) in [7, 11) is 2.01. The van der Waals surface area contributed by atoms with Crippen LogP contribution in [-0.2, 0) is 0 Å². The summed E-state index contributed by atoms with van der Waals surface area (Å²) < 4.78 is 0. The number of hydrogen-bond acceptors (Lipinski definition) is 4. The molecule has 2 rings (SSSR count). The molecular weight excluding hydrogens is 218 g/mol. The van der Waals surface area contributed by atoms with Gasteiger partial charge in [0, 0.05) is 19.3 Å². The van der Waals surface area contributed by atoms with E-state index in [9.17, 15) is 4.79 Å². The second kappa shape index (κ2) is 5.14. The molecule has 0 saturated carbocycles. The number of carboxylic acids is 1. The predicted molar refractivity (Wildman–Crippen MR) is 65.5 cm³/mol. The molecule has 17 heavy (non-hydrogen) atoms. The average Bonchev–Trinajstić information content (AvgIpc) is 2.39. The summed E-state index contributed by atoms with van der Waals surface area (Å²) in [6.07, 6.45) is 3.60. The van der Waals surface area contributed by atoms with E-state index < -0.39 is 5.97 Å². The van der Waals surface area contributed by atoms with Crippen molar-refractivity contribution < 1.29 is 9.90 Å². The summed E-state index contributed by atoms with van der Waals surface area (Å²) in [6.45, 7) is 2.06. The molecule has 0 radical (unpaired) electrons. The molecular formula is C12H17N3O2. The monoisotopic (exact) mass is 235 g/mol. The van der Waals surface area contributed by atoms with Crippen molar-refractivity contribution in [3.8, 4) is 0 Å².